The standard InChI is InChI=1S/C24H27ClN5O/c1-3-4-9-23-28-24(25)22(16-31)30(23)15-18-10-12-19(13-11-18)21-8-6-5-7-20(21)17(2)14-27-29-26/h5-8,10-13,17,26,31H,3-4,9,15-16H2,1-2H3/q+1. The Hall–Kier alpha value is -3.01. The van der Waals surface area contributed by atoms with Gasteiger partial charge in [-0.05, 0) is 40.6 Å². The first-order valence-electron chi connectivity index (χ1n) is 10.4. The molecule has 0 aliphatic carbocycles. The second kappa shape index (κ2) is 10.9. The molecule has 7 heteroatoms. The van der Waals surface area contributed by atoms with E-state index in [1.165, 1.54) is 0 Å². The zero-order chi connectivity index (χ0) is 22.2. The van der Waals surface area contributed by atoms with Gasteiger partial charge in [-0.15, -0.1) is 0 Å². The highest BCUT2D eigenvalue weighted by Gasteiger charge is 2.16. The topological polar surface area (TPSA) is 78.6 Å². The summed E-state index contributed by atoms with van der Waals surface area (Å²) < 4.78 is 2.03. The summed E-state index contributed by atoms with van der Waals surface area (Å²) in [5, 5.41) is 13.2. The van der Waals surface area contributed by atoms with E-state index in [1.54, 1.807) is 0 Å². The van der Waals surface area contributed by atoms with Gasteiger partial charge in [0.25, 0.3) is 0 Å². The highest BCUT2D eigenvalue weighted by atomic mass is 35.5. The molecule has 0 aliphatic heterocycles. The van der Waals surface area contributed by atoms with E-state index in [0.717, 1.165) is 47.3 Å². The lowest BCUT2D eigenvalue weighted by atomic mass is 9.92. The maximum absolute atomic E-state index is 9.78. The van der Waals surface area contributed by atoms with E-state index in [-0.39, 0.29) is 12.5 Å². The Bertz CT molecular complexity index is 1100. The summed E-state index contributed by atoms with van der Waals surface area (Å²) in [5.41, 5.74) is 11.9. The lowest BCUT2D eigenvalue weighted by molar-refractivity contribution is 0.271. The number of imidazole rings is 1. The number of aliphatic hydroxyl groups excluding tert-OH is 1. The first kappa shape index (κ1) is 22.7. The number of aryl methyl sites for hydroxylation is 1. The third-order valence-corrected chi connectivity index (χ3v) is 5.64. The zero-order valence-electron chi connectivity index (χ0n) is 17.8. The van der Waals surface area contributed by atoms with Crippen molar-refractivity contribution in [3.05, 3.63) is 81.3 Å². The third kappa shape index (κ3) is 5.38. The Balaban J connectivity index is 1.88. The first-order valence-corrected chi connectivity index (χ1v) is 10.8. The molecule has 0 radical (unpaired) electrons. The van der Waals surface area contributed by atoms with Crippen molar-refractivity contribution < 1.29 is 5.11 Å². The van der Waals surface area contributed by atoms with Crippen LogP contribution in [0.3, 0.4) is 0 Å². The van der Waals surface area contributed by atoms with Crippen LogP contribution in [0.25, 0.3) is 16.1 Å². The fourth-order valence-electron chi connectivity index (χ4n) is 3.66. The number of aromatic nitrogens is 2. The second-order valence-corrected chi connectivity index (χ2v) is 7.81. The van der Waals surface area contributed by atoms with E-state index < -0.39 is 0 Å². The molecule has 0 saturated carbocycles. The highest BCUT2D eigenvalue weighted by molar-refractivity contribution is 6.30. The molecular formula is C24H27ClN5O+. The second-order valence-electron chi connectivity index (χ2n) is 7.45. The molecule has 31 heavy (non-hydrogen) atoms. The van der Waals surface area contributed by atoms with Gasteiger partial charge in [0.1, 0.15) is 5.82 Å². The summed E-state index contributed by atoms with van der Waals surface area (Å²) >= 11 is 6.26. The van der Waals surface area contributed by atoms with Crippen molar-refractivity contribution in [1.29, 1.82) is 5.53 Å². The molecule has 0 spiro atoms. The molecule has 1 atom stereocenters. The van der Waals surface area contributed by atoms with Crippen molar-refractivity contribution >= 4 is 11.6 Å². The summed E-state index contributed by atoms with van der Waals surface area (Å²) in [6, 6.07) is 19.3. The SMILES string of the molecule is CCCCc1nc(Cl)c(CO)n1Cc1ccc(-c2ccccc2C(C)C#[N+]N=N)cc1. The van der Waals surface area contributed by atoms with Crippen LogP contribution in [0.5, 0.6) is 0 Å². The summed E-state index contributed by atoms with van der Waals surface area (Å²) in [6.45, 7) is 4.60. The van der Waals surface area contributed by atoms with Crippen molar-refractivity contribution in [1.82, 2.24) is 9.55 Å². The Labute approximate surface area is 187 Å². The Morgan fingerprint density at radius 3 is 2.65 bits per heavy atom. The lowest BCUT2D eigenvalue weighted by Crippen LogP contribution is -2.09. The van der Waals surface area contributed by atoms with Crippen LogP contribution in [0.1, 0.15) is 55.3 Å². The van der Waals surface area contributed by atoms with Gasteiger partial charge in [0, 0.05) is 18.5 Å². The van der Waals surface area contributed by atoms with E-state index in [1.807, 2.05) is 29.7 Å². The summed E-state index contributed by atoms with van der Waals surface area (Å²) in [5.74, 6) is 0.833. The average molecular weight is 437 g/mol. The van der Waals surface area contributed by atoms with Gasteiger partial charge in [0.05, 0.1) is 18.2 Å². The fraction of sp³-hybridized carbons (Fsp3) is 0.333. The number of hydrogen-bond donors (Lipinski definition) is 2. The molecule has 1 aromatic heterocycles. The molecule has 3 rings (SSSR count). The number of hydrogen-bond acceptors (Lipinski definition) is 4. The minimum atomic E-state index is -0.135. The van der Waals surface area contributed by atoms with Crippen molar-refractivity contribution in [3.63, 3.8) is 0 Å². The van der Waals surface area contributed by atoms with Crippen LogP contribution in [0.2, 0.25) is 5.15 Å². The third-order valence-electron chi connectivity index (χ3n) is 5.34. The number of rotatable bonds is 8. The van der Waals surface area contributed by atoms with Crippen LogP contribution in [0.4, 0.5) is 0 Å². The van der Waals surface area contributed by atoms with Gasteiger partial charge in [-0.1, -0.05) is 73.5 Å². The number of benzene rings is 2. The molecule has 6 nitrogen and oxygen atoms in total. The summed E-state index contributed by atoms with van der Waals surface area (Å²) in [7, 11) is 0. The predicted molar refractivity (Wildman–Crippen MR) is 124 cm³/mol. The van der Waals surface area contributed by atoms with Crippen LogP contribution >= 0.6 is 11.6 Å². The highest BCUT2D eigenvalue weighted by Crippen LogP contribution is 2.30. The van der Waals surface area contributed by atoms with Crippen LogP contribution in [-0.2, 0) is 19.6 Å². The van der Waals surface area contributed by atoms with E-state index in [4.69, 9.17) is 17.1 Å². The summed E-state index contributed by atoms with van der Waals surface area (Å²) in [4.78, 5) is 8.06. The fourth-order valence-corrected chi connectivity index (χ4v) is 3.92. The monoisotopic (exact) mass is 436 g/mol. The molecule has 0 fully saturated rings. The normalized spacial score (nSPS) is 11.6. The predicted octanol–water partition coefficient (Wildman–Crippen LogP) is 6.47. The summed E-state index contributed by atoms with van der Waals surface area (Å²) in [6.07, 6.45) is 2.94. The van der Waals surface area contributed by atoms with Crippen LogP contribution in [-0.4, -0.2) is 14.7 Å². The van der Waals surface area contributed by atoms with Gasteiger partial charge in [-0.25, -0.2) is 4.98 Å². The molecule has 2 N–H and O–H groups in total. The maximum atomic E-state index is 9.78. The molecule has 1 unspecified atom stereocenters. The average Bonchev–Trinajstić information content (AvgIpc) is 3.10. The number of aliphatic hydroxyl groups is 1. The van der Waals surface area contributed by atoms with Crippen LogP contribution in [0.15, 0.2) is 53.8 Å². The largest absolute Gasteiger partial charge is 0.390 e. The lowest BCUT2D eigenvalue weighted by Gasteiger charge is -2.13. The van der Waals surface area contributed by atoms with Gasteiger partial charge in [0.2, 0.25) is 5.22 Å². The smallest absolute Gasteiger partial charge is 0.242 e. The molecule has 160 valence electrons. The Morgan fingerprint density at radius 2 is 1.97 bits per heavy atom. The first-order chi connectivity index (χ1) is 15.1. The van der Waals surface area contributed by atoms with Gasteiger partial charge < -0.3 is 9.67 Å². The number of nitrogens with one attached hydrogen (secondary N) is 1. The van der Waals surface area contributed by atoms with Gasteiger partial charge >= 0.3 is 0 Å². The van der Waals surface area contributed by atoms with Crippen molar-refractivity contribution in [2.45, 2.75) is 52.2 Å². The Morgan fingerprint density at radius 1 is 1.23 bits per heavy atom. The molecule has 1 heterocycles. The minimum Gasteiger partial charge on any atom is -0.390 e. The van der Waals surface area contributed by atoms with Gasteiger partial charge in [-0.2, -0.15) is 0 Å². The van der Waals surface area contributed by atoms with Crippen molar-refractivity contribution in [3.8, 4) is 17.2 Å². The van der Waals surface area contributed by atoms with E-state index in [9.17, 15) is 5.11 Å². The minimum absolute atomic E-state index is 0.0775. The quantitative estimate of drug-likeness (QED) is 0.313. The van der Waals surface area contributed by atoms with Crippen molar-refractivity contribution in [2.24, 2.45) is 5.22 Å². The molecule has 0 bridgehead atoms. The maximum Gasteiger partial charge on any atom is 0.242 e. The molecule has 3 aromatic rings. The zero-order valence-corrected chi connectivity index (χ0v) is 18.6. The molecular weight excluding hydrogens is 410 g/mol. The van der Waals surface area contributed by atoms with Gasteiger partial charge in [-0.3, -0.25) is 0 Å². The van der Waals surface area contributed by atoms with Gasteiger partial charge in [0.15, 0.2) is 11.2 Å². The van der Waals surface area contributed by atoms with E-state index in [2.05, 4.69) is 58.5 Å². The molecule has 0 saturated heterocycles. The number of nitrogens with zero attached hydrogens (tertiary/aromatic N) is 4. The molecule has 0 amide bonds. The molecule has 0 aliphatic rings. The van der Waals surface area contributed by atoms with Crippen LogP contribution in [0, 0.1) is 11.6 Å². The van der Waals surface area contributed by atoms with Crippen LogP contribution < -0.4 is 0 Å². The van der Waals surface area contributed by atoms with E-state index in [0.29, 0.717) is 17.4 Å². The van der Waals surface area contributed by atoms with Crippen molar-refractivity contribution in [2.75, 3.05) is 0 Å². The molecule has 2 aromatic carbocycles. The Kier molecular flexibility index (Phi) is 7.94. The number of unbranched alkanes of at least 4 members (excludes halogenated alkanes) is 1. The number of halogens is 1. The van der Waals surface area contributed by atoms with E-state index >= 15 is 0 Å².